The number of fused-ring (bicyclic) bond motifs is 1. The molecule has 3 aromatic heterocycles. The second kappa shape index (κ2) is 14.5. The summed E-state index contributed by atoms with van der Waals surface area (Å²) in [4.78, 5) is 26.9. The normalized spacial score (nSPS) is 14.1. The Hall–Kier alpha value is -3.94. The van der Waals surface area contributed by atoms with Crippen molar-refractivity contribution in [1.82, 2.24) is 29.8 Å². The molecule has 0 bridgehead atoms. The number of amides is 1. The number of benzene rings is 1. The molecule has 0 saturated heterocycles. The van der Waals surface area contributed by atoms with Gasteiger partial charge in [0.2, 0.25) is 0 Å². The van der Waals surface area contributed by atoms with Gasteiger partial charge in [0, 0.05) is 43.0 Å². The zero-order chi connectivity index (χ0) is 38.5. The number of ether oxygens (including phenoxy) is 2. The summed E-state index contributed by atoms with van der Waals surface area (Å²) in [5.41, 5.74) is 6.60. The second-order valence-electron chi connectivity index (χ2n) is 16.3. The molecule has 4 aromatic rings. The topological polar surface area (TPSA) is 121 Å². The van der Waals surface area contributed by atoms with Crippen LogP contribution in [0.2, 0.25) is 23.2 Å². The molecule has 0 radical (unpaired) electrons. The fourth-order valence-corrected chi connectivity index (χ4v) is 7.55. The van der Waals surface area contributed by atoms with E-state index in [9.17, 15) is 4.79 Å². The van der Waals surface area contributed by atoms with Crippen molar-refractivity contribution in [2.75, 3.05) is 25.1 Å². The first-order valence-electron chi connectivity index (χ1n) is 17.7. The molecule has 282 valence electrons. The average Bonchev–Trinajstić information content (AvgIpc) is 3.68. The lowest BCUT2D eigenvalue weighted by Gasteiger charge is -2.40. The molecule has 1 atom stereocenters. The van der Waals surface area contributed by atoms with Gasteiger partial charge in [0.15, 0.2) is 14.1 Å². The Bertz CT molecular complexity index is 1940. The lowest BCUT2D eigenvalue weighted by Crippen LogP contribution is -2.49. The molecular weight excluding hydrogens is 698 g/mol. The molecule has 1 aromatic carbocycles. The van der Waals surface area contributed by atoms with E-state index in [2.05, 4.69) is 50.8 Å². The van der Waals surface area contributed by atoms with Crippen LogP contribution in [0.5, 0.6) is 5.75 Å². The van der Waals surface area contributed by atoms with Gasteiger partial charge in [0.05, 0.1) is 46.9 Å². The van der Waals surface area contributed by atoms with Crippen LogP contribution in [0.15, 0.2) is 22.7 Å². The zero-order valence-corrected chi connectivity index (χ0v) is 34.9. The van der Waals surface area contributed by atoms with Crippen LogP contribution in [0.3, 0.4) is 0 Å². The van der Waals surface area contributed by atoms with Crippen LogP contribution in [-0.4, -0.2) is 76.1 Å². The van der Waals surface area contributed by atoms with Crippen LogP contribution in [0, 0.1) is 27.7 Å². The van der Waals surface area contributed by atoms with E-state index in [0.717, 1.165) is 39.7 Å². The smallest absolute Gasteiger partial charge is 0.410 e. The van der Waals surface area contributed by atoms with Crippen molar-refractivity contribution in [3.63, 3.8) is 0 Å². The molecule has 1 aliphatic heterocycles. The van der Waals surface area contributed by atoms with Gasteiger partial charge in [-0.25, -0.2) is 14.8 Å². The Balaban J connectivity index is 1.49. The summed E-state index contributed by atoms with van der Waals surface area (Å²) < 4.78 is 26.4. The molecule has 12 nitrogen and oxygen atoms in total. The molecule has 0 spiro atoms. The molecule has 4 heterocycles. The van der Waals surface area contributed by atoms with E-state index in [1.54, 1.807) is 18.0 Å². The minimum absolute atomic E-state index is 0.0473. The van der Waals surface area contributed by atoms with E-state index in [4.69, 9.17) is 45.1 Å². The third-order valence-electron chi connectivity index (χ3n) is 9.99. The number of anilines is 1. The largest absolute Gasteiger partial charge is 0.491 e. The second-order valence-corrected chi connectivity index (χ2v) is 21.5. The minimum Gasteiger partial charge on any atom is -0.491 e. The molecule has 1 aliphatic rings. The van der Waals surface area contributed by atoms with E-state index in [1.165, 1.54) is 5.56 Å². The van der Waals surface area contributed by atoms with Gasteiger partial charge in [-0.15, -0.1) is 0 Å². The maximum atomic E-state index is 12.9. The van der Waals surface area contributed by atoms with Gasteiger partial charge in [-0.3, -0.25) is 4.68 Å². The van der Waals surface area contributed by atoms with Crippen LogP contribution < -0.4 is 9.64 Å². The summed E-state index contributed by atoms with van der Waals surface area (Å²) >= 11 is 6.90. The zero-order valence-electron chi connectivity index (χ0n) is 33.2. The molecule has 0 saturated carbocycles. The Morgan fingerprint density at radius 1 is 1.08 bits per heavy atom. The Kier molecular flexibility index (Phi) is 10.9. The highest BCUT2D eigenvalue weighted by Gasteiger charge is 2.40. The van der Waals surface area contributed by atoms with Crippen molar-refractivity contribution in [1.29, 1.82) is 0 Å². The first kappa shape index (κ1) is 39.3. The maximum absolute atomic E-state index is 12.9. The van der Waals surface area contributed by atoms with Crippen LogP contribution in [0.25, 0.3) is 22.6 Å². The average molecular weight is 752 g/mol. The van der Waals surface area contributed by atoms with Crippen LogP contribution in [0.4, 0.5) is 10.6 Å². The van der Waals surface area contributed by atoms with Gasteiger partial charge < -0.3 is 28.2 Å². The first-order chi connectivity index (χ1) is 24.1. The van der Waals surface area contributed by atoms with Crippen molar-refractivity contribution >= 4 is 31.8 Å². The number of halogens is 1. The minimum atomic E-state index is -2.24. The fraction of sp³-hybridized carbons (Fsp3) is 0.553. The number of carbonyl (C=O) groups is 1. The molecule has 5 rings (SSSR count). The summed E-state index contributed by atoms with van der Waals surface area (Å²) in [6.07, 6.45) is -0.834. The standard InChI is InChI=1S/C38H54ClN7O5Si/c1-22-33(32-23(2)43-50-25(32)4)40-34(41-35(22)46-19-29-24(3)45(12)42-31(29)20-46)28-17-26(15-16-30(28)39)48-21-27(51-52(13,14)38(8,9)10)18-44(11)36(47)49-37(5,6)7/h15-17,27H,18-21H2,1-14H3/t27-/m1/s1. The molecule has 0 aliphatic carbocycles. The van der Waals surface area contributed by atoms with Gasteiger partial charge in [-0.2, -0.15) is 5.10 Å². The lowest BCUT2D eigenvalue weighted by atomic mass is 10.0. The molecule has 1 amide bonds. The number of hydrogen-bond donors (Lipinski definition) is 0. The van der Waals surface area contributed by atoms with E-state index < -0.39 is 26.1 Å². The number of aryl methyl sites for hydroxylation is 3. The van der Waals surface area contributed by atoms with Gasteiger partial charge in [0.25, 0.3) is 0 Å². The molecule has 0 unspecified atom stereocenters. The van der Waals surface area contributed by atoms with Gasteiger partial charge in [-0.05, 0) is 84.8 Å². The third kappa shape index (κ3) is 8.31. The number of carbonyl (C=O) groups excluding carboxylic acids is 1. The Morgan fingerprint density at radius 3 is 2.37 bits per heavy atom. The van der Waals surface area contributed by atoms with Crippen molar-refractivity contribution < 1.29 is 23.2 Å². The summed E-state index contributed by atoms with van der Waals surface area (Å²) in [6.45, 7) is 26.2. The first-order valence-corrected chi connectivity index (χ1v) is 21.0. The Labute approximate surface area is 313 Å². The molecule has 0 N–H and O–H groups in total. The highest BCUT2D eigenvalue weighted by molar-refractivity contribution is 6.74. The van der Waals surface area contributed by atoms with Crippen molar-refractivity contribution in [2.45, 2.75) is 112 Å². The maximum Gasteiger partial charge on any atom is 0.410 e. The summed E-state index contributed by atoms with van der Waals surface area (Å²) in [7, 11) is 1.45. The monoisotopic (exact) mass is 751 g/mol. The van der Waals surface area contributed by atoms with E-state index in [0.29, 0.717) is 47.6 Å². The van der Waals surface area contributed by atoms with Crippen LogP contribution in [0.1, 0.15) is 75.5 Å². The van der Waals surface area contributed by atoms with Crippen molar-refractivity contribution in [3.05, 3.63) is 57.2 Å². The molecule has 0 fully saturated rings. The van der Waals surface area contributed by atoms with E-state index >= 15 is 0 Å². The predicted molar refractivity (Wildman–Crippen MR) is 206 cm³/mol. The molecular formula is C38H54ClN7O5Si. The highest BCUT2D eigenvalue weighted by Crippen LogP contribution is 2.40. The summed E-state index contributed by atoms with van der Waals surface area (Å²) in [5, 5.41) is 9.40. The SMILES string of the molecule is Cc1noc(C)c1-c1nc(-c2cc(OC[C@@H](CN(C)C(=O)OC(C)(C)C)O[Si](C)(C)C(C)(C)C)ccc2Cl)nc(N2Cc3nn(C)c(C)c3C2)c1C. The quantitative estimate of drug-likeness (QED) is 0.146. The number of likely N-dealkylation sites (N-methyl/N-ethyl adjacent to an activating group) is 1. The summed E-state index contributed by atoms with van der Waals surface area (Å²) in [6, 6.07) is 5.47. The molecule has 14 heteroatoms. The molecule has 52 heavy (non-hydrogen) atoms. The van der Waals surface area contributed by atoms with Crippen molar-refractivity contribution in [3.8, 4) is 28.4 Å². The van der Waals surface area contributed by atoms with Gasteiger partial charge in [0.1, 0.15) is 29.5 Å². The number of aromatic nitrogens is 5. The fourth-order valence-electron chi connectivity index (χ4n) is 6.02. The number of nitrogens with zero attached hydrogens (tertiary/aromatic N) is 7. The van der Waals surface area contributed by atoms with E-state index in [-0.39, 0.29) is 11.6 Å². The van der Waals surface area contributed by atoms with E-state index in [1.807, 2.05) is 65.4 Å². The van der Waals surface area contributed by atoms with Gasteiger partial charge >= 0.3 is 6.09 Å². The lowest BCUT2D eigenvalue weighted by molar-refractivity contribution is 0.0172. The highest BCUT2D eigenvalue weighted by atomic mass is 35.5. The third-order valence-corrected chi connectivity index (χ3v) is 14.8. The number of hydrogen-bond acceptors (Lipinski definition) is 10. The van der Waals surface area contributed by atoms with Crippen LogP contribution in [-0.2, 0) is 29.3 Å². The van der Waals surface area contributed by atoms with Gasteiger partial charge in [-0.1, -0.05) is 37.5 Å². The summed E-state index contributed by atoms with van der Waals surface area (Å²) in [5.74, 6) is 2.48. The van der Waals surface area contributed by atoms with Crippen LogP contribution >= 0.6 is 11.6 Å². The Morgan fingerprint density at radius 2 is 1.77 bits per heavy atom. The van der Waals surface area contributed by atoms with Crippen molar-refractivity contribution in [2.24, 2.45) is 7.05 Å². The number of rotatable bonds is 10. The predicted octanol–water partition coefficient (Wildman–Crippen LogP) is 8.58.